The van der Waals surface area contributed by atoms with Gasteiger partial charge in [0.25, 0.3) is 0 Å². The Balaban J connectivity index is 1.60. The van der Waals surface area contributed by atoms with E-state index in [4.69, 9.17) is 4.42 Å². The predicted molar refractivity (Wildman–Crippen MR) is 103 cm³/mol. The first-order chi connectivity index (χ1) is 12.5. The van der Waals surface area contributed by atoms with Gasteiger partial charge in [-0.3, -0.25) is 0 Å². The first-order valence-electron chi connectivity index (χ1n) is 8.72. The Morgan fingerprint density at radius 2 is 1.73 bits per heavy atom. The van der Waals surface area contributed by atoms with Gasteiger partial charge in [0.2, 0.25) is 5.89 Å². The molecule has 0 radical (unpaired) electrons. The number of aromatic nitrogens is 1. The van der Waals surface area contributed by atoms with Crippen molar-refractivity contribution in [3.05, 3.63) is 71.1 Å². The molecular formula is C21H23N3O2. The highest BCUT2D eigenvalue weighted by atomic mass is 16.4. The fourth-order valence-corrected chi connectivity index (χ4v) is 2.57. The number of nitrogens with one attached hydrogen (secondary N) is 2. The van der Waals surface area contributed by atoms with Gasteiger partial charge in [-0.1, -0.05) is 36.8 Å². The topological polar surface area (TPSA) is 67.2 Å². The number of carbonyl (C=O) groups is 1. The van der Waals surface area contributed by atoms with Gasteiger partial charge in [0.05, 0.1) is 6.54 Å². The SMILES string of the molecule is CCc1ccc(NC(=O)NCc2nc(-c3ccc(C)cc3)oc2C)cc1. The van der Waals surface area contributed by atoms with Crippen molar-refractivity contribution in [2.75, 3.05) is 5.32 Å². The van der Waals surface area contributed by atoms with E-state index in [1.807, 2.05) is 62.4 Å². The van der Waals surface area contributed by atoms with Crippen molar-refractivity contribution in [3.8, 4) is 11.5 Å². The summed E-state index contributed by atoms with van der Waals surface area (Å²) in [7, 11) is 0. The number of carbonyl (C=O) groups excluding carboxylic acids is 1. The van der Waals surface area contributed by atoms with E-state index >= 15 is 0 Å². The molecule has 0 aliphatic carbocycles. The summed E-state index contributed by atoms with van der Waals surface area (Å²) >= 11 is 0. The zero-order valence-electron chi connectivity index (χ0n) is 15.3. The Morgan fingerprint density at radius 1 is 1.04 bits per heavy atom. The third-order valence-corrected chi connectivity index (χ3v) is 4.23. The molecule has 3 rings (SSSR count). The molecule has 5 nitrogen and oxygen atoms in total. The van der Waals surface area contributed by atoms with E-state index in [2.05, 4.69) is 22.5 Å². The molecule has 26 heavy (non-hydrogen) atoms. The smallest absolute Gasteiger partial charge is 0.319 e. The number of rotatable bonds is 5. The molecular weight excluding hydrogens is 326 g/mol. The van der Waals surface area contributed by atoms with Crippen LogP contribution in [0.25, 0.3) is 11.5 Å². The molecule has 1 heterocycles. The molecule has 0 aliphatic heterocycles. The minimum atomic E-state index is -0.270. The molecule has 1 aromatic heterocycles. The molecule has 0 bridgehead atoms. The summed E-state index contributed by atoms with van der Waals surface area (Å²) < 4.78 is 5.73. The molecule has 2 N–H and O–H groups in total. The molecule has 2 amide bonds. The molecule has 0 saturated carbocycles. The van der Waals surface area contributed by atoms with E-state index in [1.165, 1.54) is 11.1 Å². The first-order valence-corrected chi connectivity index (χ1v) is 8.72. The van der Waals surface area contributed by atoms with Crippen molar-refractivity contribution in [2.45, 2.75) is 33.7 Å². The van der Waals surface area contributed by atoms with Crippen LogP contribution in [-0.4, -0.2) is 11.0 Å². The number of amides is 2. The number of oxazole rings is 1. The van der Waals surface area contributed by atoms with Crippen LogP contribution in [0, 0.1) is 13.8 Å². The monoisotopic (exact) mass is 349 g/mol. The molecule has 0 unspecified atom stereocenters. The average Bonchev–Trinajstić information content (AvgIpc) is 3.02. The number of hydrogen-bond donors (Lipinski definition) is 2. The number of urea groups is 1. The Bertz CT molecular complexity index is 881. The van der Waals surface area contributed by atoms with Gasteiger partial charge >= 0.3 is 6.03 Å². The van der Waals surface area contributed by atoms with E-state index in [1.54, 1.807) is 0 Å². The maximum Gasteiger partial charge on any atom is 0.319 e. The van der Waals surface area contributed by atoms with Gasteiger partial charge in [-0.25, -0.2) is 9.78 Å². The highest BCUT2D eigenvalue weighted by Crippen LogP contribution is 2.22. The Hall–Kier alpha value is -3.08. The zero-order chi connectivity index (χ0) is 18.5. The van der Waals surface area contributed by atoms with Gasteiger partial charge in [-0.05, 0) is 50.1 Å². The van der Waals surface area contributed by atoms with Crippen LogP contribution in [0.5, 0.6) is 0 Å². The maximum atomic E-state index is 12.1. The van der Waals surface area contributed by atoms with Crippen LogP contribution in [0.4, 0.5) is 10.5 Å². The first kappa shape index (κ1) is 17.7. The van der Waals surface area contributed by atoms with Crippen LogP contribution in [0.2, 0.25) is 0 Å². The number of aryl methyl sites for hydroxylation is 3. The van der Waals surface area contributed by atoms with Crippen LogP contribution in [0.3, 0.4) is 0 Å². The Morgan fingerprint density at radius 3 is 2.38 bits per heavy atom. The number of hydrogen-bond acceptors (Lipinski definition) is 3. The van der Waals surface area contributed by atoms with E-state index in [0.29, 0.717) is 18.2 Å². The Labute approximate surface area is 153 Å². The minimum Gasteiger partial charge on any atom is -0.441 e. The molecule has 5 heteroatoms. The molecule has 0 fully saturated rings. The lowest BCUT2D eigenvalue weighted by Gasteiger charge is -2.07. The van der Waals surface area contributed by atoms with Gasteiger partial charge < -0.3 is 15.1 Å². The second-order valence-corrected chi connectivity index (χ2v) is 6.25. The van der Waals surface area contributed by atoms with E-state index in [-0.39, 0.29) is 6.03 Å². The molecule has 0 aliphatic rings. The van der Waals surface area contributed by atoms with Gasteiger partial charge in [0.15, 0.2) is 0 Å². The third-order valence-electron chi connectivity index (χ3n) is 4.23. The molecule has 3 aromatic rings. The fraction of sp³-hybridized carbons (Fsp3) is 0.238. The second-order valence-electron chi connectivity index (χ2n) is 6.25. The zero-order valence-corrected chi connectivity index (χ0v) is 15.3. The summed E-state index contributed by atoms with van der Waals surface area (Å²) in [4.78, 5) is 16.6. The van der Waals surface area contributed by atoms with Gasteiger partial charge in [0, 0.05) is 11.3 Å². The lowest BCUT2D eigenvalue weighted by molar-refractivity contribution is 0.251. The van der Waals surface area contributed by atoms with Crippen LogP contribution >= 0.6 is 0 Å². The second kappa shape index (κ2) is 7.87. The summed E-state index contributed by atoms with van der Waals surface area (Å²) in [5.74, 6) is 1.27. The van der Waals surface area contributed by atoms with Crippen molar-refractivity contribution in [1.29, 1.82) is 0 Å². The average molecular weight is 349 g/mol. The minimum absolute atomic E-state index is 0.270. The van der Waals surface area contributed by atoms with Crippen LogP contribution in [0.15, 0.2) is 52.9 Å². The summed E-state index contributed by atoms with van der Waals surface area (Å²) in [6.45, 7) is 6.29. The molecule has 0 spiro atoms. The number of benzene rings is 2. The van der Waals surface area contributed by atoms with Crippen LogP contribution in [-0.2, 0) is 13.0 Å². The highest BCUT2D eigenvalue weighted by molar-refractivity contribution is 5.89. The summed E-state index contributed by atoms with van der Waals surface area (Å²) in [5, 5.41) is 5.64. The fourth-order valence-electron chi connectivity index (χ4n) is 2.57. The number of anilines is 1. The largest absolute Gasteiger partial charge is 0.441 e. The van der Waals surface area contributed by atoms with Crippen molar-refractivity contribution in [1.82, 2.24) is 10.3 Å². The van der Waals surface area contributed by atoms with Crippen LogP contribution < -0.4 is 10.6 Å². The van der Waals surface area contributed by atoms with Gasteiger partial charge in [0.1, 0.15) is 11.5 Å². The van der Waals surface area contributed by atoms with Crippen LogP contribution in [0.1, 0.15) is 29.5 Å². The maximum absolute atomic E-state index is 12.1. The molecule has 0 atom stereocenters. The lowest BCUT2D eigenvalue weighted by atomic mass is 10.1. The Kier molecular flexibility index (Phi) is 5.37. The number of nitrogens with zero attached hydrogens (tertiary/aromatic N) is 1. The van der Waals surface area contributed by atoms with Gasteiger partial charge in [-0.15, -0.1) is 0 Å². The van der Waals surface area contributed by atoms with Crippen molar-refractivity contribution < 1.29 is 9.21 Å². The summed E-state index contributed by atoms with van der Waals surface area (Å²) in [6, 6.07) is 15.5. The standard InChI is InChI=1S/C21H23N3O2/c1-4-16-7-11-18(12-8-16)23-21(25)22-13-19-15(3)26-20(24-19)17-9-5-14(2)6-10-17/h5-12H,4,13H2,1-3H3,(H2,22,23,25). The van der Waals surface area contributed by atoms with Gasteiger partial charge in [-0.2, -0.15) is 0 Å². The normalized spacial score (nSPS) is 10.6. The van der Waals surface area contributed by atoms with Crippen molar-refractivity contribution in [2.24, 2.45) is 0 Å². The molecule has 0 saturated heterocycles. The summed E-state index contributed by atoms with van der Waals surface area (Å²) in [5.41, 5.74) is 4.82. The van der Waals surface area contributed by atoms with E-state index in [9.17, 15) is 4.79 Å². The summed E-state index contributed by atoms with van der Waals surface area (Å²) in [6.07, 6.45) is 0.973. The lowest BCUT2D eigenvalue weighted by Crippen LogP contribution is -2.28. The quantitative estimate of drug-likeness (QED) is 0.692. The molecule has 134 valence electrons. The highest BCUT2D eigenvalue weighted by Gasteiger charge is 2.12. The van der Waals surface area contributed by atoms with E-state index in [0.717, 1.165) is 23.4 Å². The molecule has 2 aromatic carbocycles. The third kappa shape index (κ3) is 4.30. The van der Waals surface area contributed by atoms with Crippen molar-refractivity contribution >= 4 is 11.7 Å². The van der Waals surface area contributed by atoms with E-state index < -0.39 is 0 Å². The van der Waals surface area contributed by atoms with Crippen molar-refractivity contribution in [3.63, 3.8) is 0 Å². The predicted octanol–water partition coefficient (Wildman–Crippen LogP) is 4.84.